The second kappa shape index (κ2) is 7.25. The van der Waals surface area contributed by atoms with Crippen LogP contribution in [-0.2, 0) is 4.74 Å². The van der Waals surface area contributed by atoms with Crippen LogP contribution < -0.4 is 10.1 Å². The summed E-state index contributed by atoms with van der Waals surface area (Å²) >= 11 is 0. The van der Waals surface area contributed by atoms with Gasteiger partial charge < -0.3 is 14.6 Å². The van der Waals surface area contributed by atoms with Crippen LogP contribution in [0.1, 0.15) is 31.1 Å². The Bertz CT molecular complexity index is 775. The number of carbonyl (C=O) groups is 2. The van der Waals surface area contributed by atoms with Crippen LogP contribution in [0.4, 0.5) is 10.5 Å². The first-order valence-electron chi connectivity index (χ1n) is 7.71. The predicted octanol–water partition coefficient (Wildman–Crippen LogP) is 4.41. The van der Waals surface area contributed by atoms with Crippen LogP contribution >= 0.6 is 0 Å². The molecule has 25 heavy (non-hydrogen) atoms. The van der Waals surface area contributed by atoms with Crippen LogP contribution in [0.15, 0.2) is 42.5 Å². The van der Waals surface area contributed by atoms with Gasteiger partial charge >= 0.3 is 12.1 Å². The van der Waals surface area contributed by atoms with Crippen LogP contribution in [0.2, 0.25) is 0 Å². The average Bonchev–Trinajstić information content (AvgIpc) is 2.53. The molecule has 0 saturated heterocycles. The van der Waals surface area contributed by atoms with Gasteiger partial charge in [0.05, 0.1) is 7.11 Å². The van der Waals surface area contributed by atoms with Gasteiger partial charge in [-0.3, -0.25) is 5.32 Å². The Morgan fingerprint density at radius 1 is 1.00 bits per heavy atom. The van der Waals surface area contributed by atoms with E-state index in [2.05, 4.69) is 5.32 Å². The Hall–Kier alpha value is -3.02. The zero-order valence-electron chi connectivity index (χ0n) is 14.6. The lowest BCUT2D eigenvalue weighted by Crippen LogP contribution is -2.27. The molecule has 0 unspecified atom stereocenters. The number of hydrogen-bond acceptors (Lipinski definition) is 4. The third-order valence-electron chi connectivity index (χ3n) is 3.30. The number of benzene rings is 2. The van der Waals surface area contributed by atoms with E-state index in [1.54, 1.807) is 45.0 Å². The molecule has 2 aromatic rings. The van der Waals surface area contributed by atoms with E-state index in [1.807, 2.05) is 12.1 Å². The molecule has 0 atom stereocenters. The van der Waals surface area contributed by atoms with Gasteiger partial charge in [0.25, 0.3) is 0 Å². The Morgan fingerprint density at radius 2 is 1.60 bits per heavy atom. The van der Waals surface area contributed by atoms with E-state index in [1.165, 1.54) is 13.2 Å². The molecule has 0 fully saturated rings. The van der Waals surface area contributed by atoms with Crippen molar-refractivity contribution in [2.24, 2.45) is 0 Å². The zero-order valence-corrected chi connectivity index (χ0v) is 14.6. The minimum absolute atomic E-state index is 0.106. The second-order valence-electron chi connectivity index (χ2n) is 6.42. The molecule has 0 saturated carbocycles. The second-order valence-corrected chi connectivity index (χ2v) is 6.42. The monoisotopic (exact) mass is 343 g/mol. The summed E-state index contributed by atoms with van der Waals surface area (Å²) in [7, 11) is 1.43. The molecule has 0 aromatic heterocycles. The van der Waals surface area contributed by atoms with E-state index < -0.39 is 17.7 Å². The van der Waals surface area contributed by atoms with Crippen molar-refractivity contribution in [1.29, 1.82) is 0 Å². The molecule has 0 radical (unpaired) electrons. The number of nitrogens with one attached hydrogen (secondary N) is 1. The number of hydrogen-bond donors (Lipinski definition) is 2. The number of carbonyl (C=O) groups excluding carboxylic acids is 1. The number of anilines is 1. The number of ether oxygens (including phenoxy) is 2. The van der Waals surface area contributed by atoms with Crippen molar-refractivity contribution in [2.75, 3.05) is 12.4 Å². The van der Waals surface area contributed by atoms with Crippen LogP contribution in [0.5, 0.6) is 5.75 Å². The Kier molecular flexibility index (Phi) is 5.32. The highest BCUT2D eigenvalue weighted by Crippen LogP contribution is 2.28. The molecular formula is C19H21NO5. The van der Waals surface area contributed by atoms with Crippen molar-refractivity contribution in [3.63, 3.8) is 0 Å². The first kappa shape index (κ1) is 18.3. The van der Waals surface area contributed by atoms with E-state index in [0.717, 1.165) is 11.1 Å². The normalized spacial score (nSPS) is 10.9. The van der Waals surface area contributed by atoms with Gasteiger partial charge in [-0.1, -0.05) is 18.2 Å². The third-order valence-corrected chi connectivity index (χ3v) is 3.30. The topological polar surface area (TPSA) is 84.9 Å². The molecule has 132 valence electrons. The van der Waals surface area contributed by atoms with Crippen molar-refractivity contribution < 1.29 is 24.2 Å². The highest BCUT2D eigenvalue weighted by molar-refractivity contribution is 5.92. The number of aromatic carboxylic acids is 1. The summed E-state index contributed by atoms with van der Waals surface area (Å²) in [5, 5.41) is 11.8. The van der Waals surface area contributed by atoms with E-state index in [4.69, 9.17) is 14.6 Å². The number of amides is 1. The Balaban J connectivity index is 2.17. The van der Waals surface area contributed by atoms with Gasteiger partial charge in [0.1, 0.15) is 16.9 Å². The molecule has 0 spiro atoms. The third kappa shape index (κ3) is 4.97. The summed E-state index contributed by atoms with van der Waals surface area (Å²) in [5.74, 6) is -0.749. The molecule has 2 aromatic carbocycles. The molecule has 6 heteroatoms. The maximum atomic E-state index is 11.8. The summed E-state index contributed by atoms with van der Waals surface area (Å²) in [6.07, 6.45) is -0.521. The molecule has 0 aliphatic heterocycles. The fraction of sp³-hybridized carbons (Fsp3) is 0.263. The van der Waals surface area contributed by atoms with Crippen molar-refractivity contribution >= 4 is 17.7 Å². The van der Waals surface area contributed by atoms with Crippen molar-refractivity contribution in [3.8, 4) is 16.9 Å². The van der Waals surface area contributed by atoms with Crippen molar-refractivity contribution in [3.05, 3.63) is 48.0 Å². The molecular weight excluding hydrogens is 322 g/mol. The summed E-state index contributed by atoms with van der Waals surface area (Å²) in [6, 6.07) is 12.0. The lowest BCUT2D eigenvalue weighted by molar-refractivity contribution is 0.0634. The molecule has 0 bridgehead atoms. The lowest BCUT2D eigenvalue weighted by atomic mass is 10.0. The van der Waals surface area contributed by atoms with Gasteiger partial charge in [-0.25, -0.2) is 9.59 Å². The van der Waals surface area contributed by atoms with Crippen LogP contribution in [0.25, 0.3) is 11.1 Å². The summed E-state index contributed by atoms with van der Waals surface area (Å²) < 4.78 is 10.3. The summed E-state index contributed by atoms with van der Waals surface area (Å²) in [6.45, 7) is 5.39. The number of carboxylic acids is 1. The van der Waals surface area contributed by atoms with Gasteiger partial charge in [0, 0.05) is 5.69 Å². The van der Waals surface area contributed by atoms with Crippen LogP contribution in [0.3, 0.4) is 0 Å². The van der Waals surface area contributed by atoms with Gasteiger partial charge in [-0.15, -0.1) is 0 Å². The van der Waals surface area contributed by atoms with Gasteiger partial charge in [0.15, 0.2) is 0 Å². The van der Waals surface area contributed by atoms with Gasteiger partial charge in [-0.05, 0) is 56.2 Å². The van der Waals surface area contributed by atoms with Crippen molar-refractivity contribution in [1.82, 2.24) is 0 Å². The SMILES string of the molecule is COc1cc(-c2ccc(NC(=O)OC(C)(C)C)cc2)ccc1C(=O)O. The molecule has 6 nitrogen and oxygen atoms in total. The maximum Gasteiger partial charge on any atom is 0.412 e. The largest absolute Gasteiger partial charge is 0.496 e. The molecule has 2 N–H and O–H groups in total. The average molecular weight is 343 g/mol. The highest BCUT2D eigenvalue weighted by atomic mass is 16.6. The predicted molar refractivity (Wildman–Crippen MR) is 95.2 cm³/mol. The maximum absolute atomic E-state index is 11.8. The molecule has 2 rings (SSSR count). The Morgan fingerprint density at radius 3 is 2.12 bits per heavy atom. The fourth-order valence-corrected chi connectivity index (χ4v) is 2.21. The van der Waals surface area contributed by atoms with Crippen LogP contribution in [-0.4, -0.2) is 29.9 Å². The summed E-state index contributed by atoms with van der Waals surface area (Å²) in [4.78, 5) is 22.9. The van der Waals surface area contributed by atoms with E-state index in [9.17, 15) is 9.59 Å². The summed E-state index contributed by atoms with van der Waals surface area (Å²) in [5.41, 5.74) is 1.82. The minimum Gasteiger partial charge on any atom is -0.496 e. The van der Waals surface area contributed by atoms with Gasteiger partial charge in [-0.2, -0.15) is 0 Å². The molecule has 0 heterocycles. The quantitative estimate of drug-likeness (QED) is 0.859. The van der Waals surface area contributed by atoms with E-state index in [-0.39, 0.29) is 5.56 Å². The van der Waals surface area contributed by atoms with Gasteiger partial charge in [0.2, 0.25) is 0 Å². The first-order chi connectivity index (χ1) is 11.7. The first-order valence-corrected chi connectivity index (χ1v) is 7.71. The number of methoxy groups -OCH3 is 1. The number of carboxylic acid groups (broad SMARTS) is 1. The molecule has 0 aliphatic carbocycles. The number of rotatable bonds is 4. The van der Waals surface area contributed by atoms with Crippen LogP contribution in [0, 0.1) is 0 Å². The molecule has 0 aliphatic rings. The van der Waals surface area contributed by atoms with E-state index in [0.29, 0.717) is 11.4 Å². The zero-order chi connectivity index (χ0) is 18.6. The van der Waals surface area contributed by atoms with Crippen molar-refractivity contribution in [2.45, 2.75) is 26.4 Å². The minimum atomic E-state index is -1.04. The Labute approximate surface area is 146 Å². The fourth-order valence-electron chi connectivity index (χ4n) is 2.21. The standard InChI is InChI=1S/C19H21NO5/c1-19(2,3)25-18(23)20-14-8-5-12(6-9-14)13-7-10-15(17(21)22)16(11-13)24-4/h5-11H,1-4H3,(H,20,23)(H,21,22). The van der Waals surface area contributed by atoms with E-state index >= 15 is 0 Å². The lowest BCUT2D eigenvalue weighted by Gasteiger charge is -2.19. The molecule has 1 amide bonds. The highest BCUT2D eigenvalue weighted by Gasteiger charge is 2.16. The smallest absolute Gasteiger partial charge is 0.412 e.